The molecule has 0 saturated carbocycles. The molecule has 136 valence electrons. The van der Waals surface area contributed by atoms with E-state index in [1.54, 1.807) is 0 Å². The summed E-state index contributed by atoms with van der Waals surface area (Å²) in [5, 5.41) is 4.05. The second kappa shape index (κ2) is 7.76. The average Bonchev–Trinajstić information content (AvgIpc) is 3.08. The minimum absolute atomic E-state index is 0.00226. The summed E-state index contributed by atoms with van der Waals surface area (Å²) in [5.74, 6) is -1.39. The molecule has 1 aromatic heterocycles. The SMILES string of the molecule is O=S(=O)(NCCc1c(F)cccc1F)c1cnn(Cc2ccccc2)c1. The average molecular weight is 377 g/mol. The first kappa shape index (κ1) is 18.2. The third-order valence-electron chi connectivity index (χ3n) is 3.84. The van der Waals surface area contributed by atoms with Crippen LogP contribution < -0.4 is 4.72 Å². The van der Waals surface area contributed by atoms with E-state index in [0.717, 1.165) is 17.7 Å². The van der Waals surface area contributed by atoms with Gasteiger partial charge in [0, 0.05) is 18.3 Å². The van der Waals surface area contributed by atoms with Crippen LogP contribution in [0, 0.1) is 11.6 Å². The number of nitrogens with one attached hydrogen (secondary N) is 1. The van der Waals surface area contributed by atoms with Gasteiger partial charge in [-0.25, -0.2) is 21.9 Å². The van der Waals surface area contributed by atoms with Crippen LogP contribution >= 0.6 is 0 Å². The van der Waals surface area contributed by atoms with Crippen molar-refractivity contribution in [3.05, 3.63) is 83.7 Å². The van der Waals surface area contributed by atoms with Crippen LogP contribution in [0.25, 0.3) is 0 Å². The Kier molecular flexibility index (Phi) is 5.43. The fourth-order valence-corrected chi connectivity index (χ4v) is 3.49. The molecule has 0 radical (unpaired) electrons. The lowest BCUT2D eigenvalue weighted by Crippen LogP contribution is -2.26. The Morgan fingerprint density at radius 2 is 1.69 bits per heavy atom. The summed E-state index contributed by atoms with van der Waals surface area (Å²) in [7, 11) is -3.81. The van der Waals surface area contributed by atoms with Crippen molar-refractivity contribution >= 4 is 10.0 Å². The number of hydrogen-bond donors (Lipinski definition) is 1. The predicted molar refractivity (Wildman–Crippen MR) is 93.0 cm³/mol. The molecule has 0 amide bonds. The van der Waals surface area contributed by atoms with Gasteiger partial charge in [-0.1, -0.05) is 36.4 Å². The maximum atomic E-state index is 13.6. The Bertz CT molecular complexity index is 968. The van der Waals surface area contributed by atoms with E-state index < -0.39 is 21.7 Å². The number of halogens is 2. The molecule has 1 heterocycles. The predicted octanol–water partition coefficient (Wildman–Crippen LogP) is 2.73. The third kappa shape index (κ3) is 4.33. The summed E-state index contributed by atoms with van der Waals surface area (Å²) in [6, 6.07) is 13.0. The van der Waals surface area contributed by atoms with Crippen LogP contribution in [0.5, 0.6) is 0 Å². The molecule has 0 saturated heterocycles. The van der Waals surface area contributed by atoms with Crippen LogP contribution in [0.3, 0.4) is 0 Å². The molecule has 2 aromatic carbocycles. The monoisotopic (exact) mass is 377 g/mol. The van der Waals surface area contributed by atoms with Crippen LogP contribution in [-0.4, -0.2) is 24.7 Å². The fourth-order valence-electron chi connectivity index (χ4n) is 2.51. The Balaban J connectivity index is 1.63. The first-order valence-electron chi connectivity index (χ1n) is 7.94. The highest BCUT2D eigenvalue weighted by Gasteiger charge is 2.17. The van der Waals surface area contributed by atoms with E-state index in [-0.39, 0.29) is 23.4 Å². The molecule has 5 nitrogen and oxygen atoms in total. The first-order chi connectivity index (χ1) is 12.5. The van der Waals surface area contributed by atoms with Gasteiger partial charge in [0.05, 0.1) is 12.7 Å². The smallest absolute Gasteiger partial charge is 0.243 e. The van der Waals surface area contributed by atoms with Crippen molar-refractivity contribution in [2.24, 2.45) is 0 Å². The summed E-state index contributed by atoms with van der Waals surface area (Å²) in [6.45, 7) is 0.320. The molecule has 0 fully saturated rings. The second-order valence-corrected chi connectivity index (χ2v) is 7.47. The molecule has 8 heteroatoms. The molecular weight excluding hydrogens is 360 g/mol. The number of aromatic nitrogens is 2. The van der Waals surface area contributed by atoms with Gasteiger partial charge in [-0.15, -0.1) is 0 Å². The van der Waals surface area contributed by atoms with Crippen LogP contribution in [0.1, 0.15) is 11.1 Å². The van der Waals surface area contributed by atoms with Crippen LogP contribution in [0.2, 0.25) is 0 Å². The number of rotatable bonds is 7. The maximum Gasteiger partial charge on any atom is 0.243 e. The molecule has 0 spiro atoms. The molecular formula is C18H17F2N3O2S. The lowest BCUT2D eigenvalue weighted by molar-refractivity contribution is 0.548. The normalized spacial score (nSPS) is 11.6. The summed E-state index contributed by atoms with van der Waals surface area (Å²) in [5.41, 5.74) is 0.845. The Morgan fingerprint density at radius 3 is 2.38 bits per heavy atom. The third-order valence-corrected chi connectivity index (χ3v) is 5.25. The van der Waals surface area contributed by atoms with Gasteiger partial charge in [0.25, 0.3) is 0 Å². The Morgan fingerprint density at radius 1 is 1.00 bits per heavy atom. The van der Waals surface area contributed by atoms with Gasteiger partial charge in [0.15, 0.2) is 0 Å². The van der Waals surface area contributed by atoms with Gasteiger partial charge in [-0.05, 0) is 24.1 Å². The van der Waals surface area contributed by atoms with Crippen molar-refractivity contribution in [2.75, 3.05) is 6.54 Å². The minimum atomic E-state index is -3.81. The topological polar surface area (TPSA) is 64.0 Å². The van der Waals surface area contributed by atoms with E-state index in [0.29, 0.717) is 6.54 Å². The standard InChI is InChI=1S/C18H17F2N3O2S/c19-17-7-4-8-18(20)16(17)9-10-22-26(24,25)15-11-21-23(13-15)12-14-5-2-1-3-6-14/h1-8,11,13,22H,9-10,12H2. The molecule has 0 aliphatic heterocycles. The molecule has 3 aromatic rings. The van der Waals surface area contributed by atoms with E-state index in [2.05, 4.69) is 9.82 Å². The molecule has 0 bridgehead atoms. The van der Waals surface area contributed by atoms with Gasteiger partial charge in [-0.3, -0.25) is 4.68 Å². The summed E-state index contributed by atoms with van der Waals surface area (Å²) < 4.78 is 55.6. The number of nitrogens with zero attached hydrogens (tertiary/aromatic N) is 2. The van der Waals surface area contributed by atoms with Crippen molar-refractivity contribution in [2.45, 2.75) is 17.9 Å². The molecule has 0 aliphatic carbocycles. The van der Waals surface area contributed by atoms with E-state index in [9.17, 15) is 17.2 Å². The number of benzene rings is 2. The van der Waals surface area contributed by atoms with Gasteiger partial charge in [0.2, 0.25) is 10.0 Å². The quantitative estimate of drug-likeness (QED) is 0.689. The van der Waals surface area contributed by atoms with Crippen molar-refractivity contribution in [1.29, 1.82) is 0 Å². The Hall–Kier alpha value is -2.58. The van der Waals surface area contributed by atoms with Crippen molar-refractivity contribution in [1.82, 2.24) is 14.5 Å². The molecule has 3 rings (SSSR count). The zero-order valence-electron chi connectivity index (χ0n) is 13.8. The van der Waals surface area contributed by atoms with E-state index in [1.165, 1.54) is 23.1 Å². The largest absolute Gasteiger partial charge is 0.267 e. The Labute approximate surface area is 150 Å². The van der Waals surface area contributed by atoms with E-state index in [1.807, 2.05) is 30.3 Å². The van der Waals surface area contributed by atoms with Crippen LogP contribution in [-0.2, 0) is 23.0 Å². The summed E-state index contributed by atoms with van der Waals surface area (Å²) >= 11 is 0. The van der Waals surface area contributed by atoms with Crippen LogP contribution in [0.15, 0.2) is 65.8 Å². The van der Waals surface area contributed by atoms with Crippen LogP contribution in [0.4, 0.5) is 8.78 Å². The first-order valence-corrected chi connectivity index (χ1v) is 9.43. The fraction of sp³-hybridized carbons (Fsp3) is 0.167. The highest BCUT2D eigenvalue weighted by molar-refractivity contribution is 7.89. The highest BCUT2D eigenvalue weighted by Crippen LogP contribution is 2.13. The van der Waals surface area contributed by atoms with E-state index >= 15 is 0 Å². The van der Waals surface area contributed by atoms with Gasteiger partial charge in [-0.2, -0.15) is 5.10 Å². The lowest BCUT2D eigenvalue weighted by Gasteiger charge is -2.07. The molecule has 0 unspecified atom stereocenters. The molecule has 26 heavy (non-hydrogen) atoms. The second-order valence-electron chi connectivity index (χ2n) is 5.71. The molecule has 0 atom stereocenters. The van der Waals surface area contributed by atoms with Gasteiger partial charge in [0.1, 0.15) is 16.5 Å². The zero-order chi connectivity index (χ0) is 18.6. The van der Waals surface area contributed by atoms with E-state index in [4.69, 9.17) is 0 Å². The zero-order valence-corrected chi connectivity index (χ0v) is 14.6. The molecule has 0 aliphatic rings. The summed E-state index contributed by atoms with van der Waals surface area (Å²) in [6.07, 6.45) is 2.57. The summed E-state index contributed by atoms with van der Waals surface area (Å²) in [4.78, 5) is 0.00226. The maximum absolute atomic E-state index is 13.6. The lowest BCUT2D eigenvalue weighted by atomic mass is 10.1. The minimum Gasteiger partial charge on any atom is -0.267 e. The van der Waals surface area contributed by atoms with Crippen molar-refractivity contribution in [3.8, 4) is 0 Å². The highest BCUT2D eigenvalue weighted by atomic mass is 32.2. The van der Waals surface area contributed by atoms with Gasteiger partial charge >= 0.3 is 0 Å². The van der Waals surface area contributed by atoms with Crippen molar-refractivity contribution in [3.63, 3.8) is 0 Å². The molecule has 1 N–H and O–H groups in total. The van der Waals surface area contributed by atoms with Crippen molar-refractivity contribution < 1.29 is 17.2 Å². The number of sulfonamides is 1. The van der Waals surface area contributed by atoms with Gasteiger partial charge < -0.3 is 0 Å². The number of hydrogen-bond acceptors (Lipinski definition) is 3.